The number of hydrogen-bond acceptors (Lipinski definition) is 3. The lowest BCUT2D eigenvalue weighted by molar-refractivity contribution is 0.0697. The molecule has 0 unspecified atom stereocenters. The van der Waals surface area contributed by atoms with E-state index in [1.807, 2.05) is 6.92 Å². The molecular weight excluding hydrogens is 266 g/mol. The molecule has 1 aromatic heterocycles. The number of aryl methyl sites for hydroxylation is 1. The Labute approximate surface area is 115 Å². The highest BCUT2D eigenvalue weighted by Crippen LogP contribution is 2.32. The van der Waals surface area contributed by atoms with Crippen LogP contribution in [0.1, 0.15) is 15.9 Å². The number of ether oxygens (including phenoxy) is 1. The molecular formula is C14H12ClNO3. The van der Waals surface area contributed by atoms with Crippen LogP contribution < -0.4 is 4.74 Å². The van der Waals surface area contributed by atoms with Crippen LogP contribution in [0.25, 0.3) is 11.3 Å². The molecule has 0 saturated heterocycles. The number of benzene rings is 1. The smallest absolute Gasteiger partial charge is 0.335 e. The summed E-state index contributed by atoms with van der Waals surface area (Å²) in [5.41, 5.74) is 2.46. The molecule has 5 heteroatoms. The number of carbonyl (C=O) groups is 1. The number of aromatic nitrogens is 1. The summed E-state index contributed by atoms with van der Waals surface area (Å²) in [5, 5.41) is 9.45. The zero-order valence-corrected chi connectivity index (χ0v) is 11.2. The van der Waals surface area contributed by atoms with Gasteiger partial charge in [-0.05, 0) is 36.8 Å². The van der Waals surface area contributed by atoms with Gasteiger partial charge in [0.1, 0.15) is 5.75 Å². The molecule has 0 atom stereocenters. The molecule has 2 aromatic rings. The largest absolute Gasteiger partial charge is 0.495 e. The predicted octanol–water partition coefficient (Wildman–Crippen LogP) is 3.42. The summed E-state index contributed by atoms with van der Waals surface area (Å²) in [6.45, 7) is 1.89. The minimum absolute atomic E-state index is 0.191. The topological polar surface area (TPSA) is 59.4 Å². The van der Waals surface area contributed by atoms with Gasteiger partial charge in [0.2, 0.25) is 0 Å². The van der Waals surface area contributed by atoms with E-state index in [4.69, 9.17) is 21.4 Å². The third kappa shape index (κ3) is 2.69. The fourth-order valence-electron chi connectivity index (χ4n) is 1.80. The van der Waals surface area contributed by atoms with Crippen LogP contribution in [0.5, 0.6) is 5.75 Å². The summed E-state index contributed by atoms with van der Waals surface area (Å²) in [6, 6.07) is 6.50. The second kappa shape index (κ2) is 5.28. The predicted molar refractivity (Wildman–Crippen MR) is 72.9 cm³/mol. The molecule has 0 spiro atoms. The van der Waals surface area contributed by atoms with E-state index in [-0.39, 0.29) is 5.56 Å². The van der Waals surface area contributed by atoms with E-state index < -0.39 is 5.97 Å². The Morgan fingerprint density at radius 3 is 2.74 bits per heavy atom. The number of nitrogens with zero attached hydrogens (tertiary/aromatic N) is 1. The highest BCUT2D eigenvalue weighted by Gasteiger charge is 2.11. The van der Waals surface area contributed by atoms with E-state index in [2.05, 4.69) is 4.98 Å². The summed E-state index contributed by atoms with van der Waals surface area (Å²) in [4.78, 5) is 15.1. The van der Waals surface area contributed by atoms with Gasteiger partial charge in [0.25, 0.3) is 0 Å². The van der Waals surface area contributed by atoms with Gasteiger partial charge in [0.15, 0.2) is 0 Å². The van der Waals surface area contributed by atoms with Crippen molar-refractivity contribution in [2.75, 3.05) is 7.11 Å². The van der Waals surface area contributed by atoms with Gasteiger partial charge in [-0.3, -0.25) is 4.98 Å². The van der Waals surface area contributed by atoms with Crippen molar-refractivity contribution < 1.29 is 14.6 Å². The van der Waals surface area contributed by atoms with Gasteiger partial charge in [-0.1, -0.05) is 11.6 Å². The van der Waals surface area contributed by atoms with Crippen molar-refractivity contribution in [1.29, 1.82) is 0 Å². The van der Waals surface area contributed by atoms with E-state index >= 15 is 0 Å². The first-order valence-corrected chi connectivity index (χ1v) is 5.94. The van der Waals surface area contributed by atoms with Gasteiger partial charge < -0.3 is 9.84 Å². The number of carboxylic acids is 1. The maximum Gasteiger partial charge on any atom is 0.335 e. The zero-order valence-electron chi connectivity index (χ0n) is 10.5. The van der Waals surface area contributed by atoms with E-state index in [1.54, 1.807) is 19.2 Å². The Morgan fingerprint density at radius 2 is 2.11 bits per heavy atom. The number of carboxylic acid groups (broad SMARTS) is 1. The van der Waals surface area contributed by atoms with Crippen LogP contribution in [-0.2, 0) is 0 Å². The second-order valence-corrected chi connectivity index (χ2v) is 4.44. The van der Waals surface area contributed by atoms with Crippen LogP contribution in [-0.4, -0.2) is 23.2 Å². The van der Waals surface area contributed by atoms with Gasteiger partial charge in [-0.15, -0.1) is 0 Å². The zero-order chi connectivity index (χ0) is 14.0. The number of methoxy groups -OCH3 is 1. The van der Waals surface area contributed by atoms with E-state index in [1.165, 1.54) is 18.3 Å². The van der Waals surface area contributed by atoms with Crippen LogP contribution in [0.3, 0.4) is 0 Å². The van der Waals surface area contributed by atoms with E-state index in [0.29, 0.717) is 16.5 Å². The maximum absolute atomic E-state index is 11.0. The Kier molecular flexibility index (Phi) is 3.71. The summed E-state index contributed by atoms with van der Waals surface area (Å²) in [6.07, 6.45) is 1.47. The fraction of sp³-hybridized carbons (Fsp3) is 0.143. The SMILES string of the molecule is COc1cc(C)c(-c2cc(C(=O)O)ccn2)cc1Cl. The van der Waals surface area contributed by atoms with Crippen molar-refractivity contribution in [3.63, 3.8) is 0 Å². The van der Waals surface area contributed by atoms with Gasteiger partial charge in [0, 0.05) is 11.8 Å². The minimum atomic E-state index is -0.985. The normalized spacial score (nSPS) is 10.3. The van der Waals surface area contributed by atoms with Crippen LogP contribution in [0.2, 0.25) is 5.02 Å². The Hall–Kier alpha value is -2.07. The van der Waals surface area contributed by atoms with Gasteiger partial charge in [-0.25, -0.2) is 4.79 Å². The summed E-state index contributed by atoms with van der Waals surface area (Å²) in [7, 11) is 1.55. The lowest BCUT2D eigenvalue weighted by Gasteiger charge is -2.10. The summed E-state index contributed by atoms with van der Waals surface area (Å²) >= 11 is 6.08. The van der Waals surface area contributed by atoms with Crippen LogP contribution in [0, 0.1) is 6.92 Å². The van der Waals surface area contributed by atoms with Crippen molar-refractivity contribution in [2.24, 2.45) is 0 Å². The first-order chi connectivity index (χ1) is 9.02. The molecule has 19 heavy (non-hydrogen) atoms. The van der Waals surface area contributed by atoms with Crippen molar-refractivity contribution in [2.45, 2.75) is 6.92 Å². The van der Waals surface area contributed by atoms with E-state index in [0.717, 1.165) is 11.1 Å². The summed E-state index contributed by atoms with van der Waals surface area (Å²) in [5.74, 6) is -0.404. The molecule has 0 aliphatic carbocycles. The quantitative estimate of drug-likeness (QED) is 0.934. The molecule has 4 nitrogen and oxygen atoms in total. The van der Waals surface area contributed by atoms with Gasteiger partial charge in [0.05, 0.1) is 23.4 Å². The highest BCUT2D eigenvalue weighted by atomic mass is 35.5. The molecule has 1 aromatic carbocycles. The molecule has 0 aliphatic heterocycles. The van der Waals surface area contributed by atoms with Crippen molar-refractivity contribution in [1.82, 2.24) is 4.98 Å². The minimum Gasteiger partial charge on any atom is -0.495 e. The van der Waals surface area contributed by atoms with Crippen LogP contribution in [0.4, 0.5) is 0 Å². The molecule has 0 bridgehead atoms. The monoisotopic (exact) mass is 277 g/mol. The average molecular weight is 278 g/mol. The van der Waals surface area contributed by atoms with Crippen LogP contribution >= 0.6 is 11.6 Å². The third-order valence-corrected chi connectivity index (χ3v) is 3.08. The molecule has 2 rings (SSSR count). The average Bonchev–Trinajstić information content (AvgIpc) is 2.41. The molecule has 1 heterocycles. The molecule has 98 valence electrons. The van der Waals surface area contributed by atoms with Gasteiger partial charge in [-0.2, -0.15) is 0 Å². The standard InChI is InChI=1S/C14H12ClNO3/c1-8-5-13(19-2)11(15)7-10(8)12-6-9(14(17)18)3-4-16-12/h3-7H,1-2H3,(H,17,18). The molecule has 0 aliphatic rings. The summed E-state index contributed by atoms with van der Waals surface area (Å²) < 4.78 is 5.13. The molecule has 0 saturated carbocycles. The number of pyridine rings is 1. The molecule has 1 N–H and O–H groups in total. The maximum atomic E-state index is 11.0. The van der Waals surface area contributed by atoms with Crippen molar-refractivity contribution in [3.8, 4) is 17.0 Å². The first kappa shape index (κ1) is 13.4. The first-order valence-electron chi connectivity index (χ1n) is 5.56. The number of rotatable bonds is 3. The Morgan fingerprint density at radius 1 is 1.37 bits per heavy atom. The fourth-order valence-corrected chi connectivity index (χ4v) is 2.04. The second-order valence-electron chi connectivity index (χ2n) is 4.04. The number of hydrogen-bond donors (Lipinski definition) is 1. The molecule has 0 amide bonds. The Balaban J connectivity index is 2.56. The highest BCUT2D eigenvalue weighted by molar-refractivity contribution is 6.32. The third-order valence-electron chi connectivity index (χ3n) is 2.78. The van der Waals surface area contributed by atoms with Crippen LogP contribution in [0.15, 0.2) is 30.5 Å². The van der Waals surface area contributed by atoms with E-state index in [9.17, 15) is 4.79 Å². The molecule has 0 fully saturated rings. The lowest BCUT2D eigenvalue weighted by Crippen LogP contribution is -1.98. The van der Waals surface area contributed by atoms with Crippen molar-refractivity contribution in [3.05, 3.63) is 46.6 Å². The number of aromatic carboxylic acids is 1. The number of halogens is 1. The van der Waals surface area contributed by atoms with Gasteiger partial charge >= 0.3 is 5.97 Å². The Bertz CT molecular complexity index is 641. The lowest BCUT2D eigenvalue weighted by atomic mass is 10.0. The molecule has 0 radical (unpaired) electrons. The van der Waals surface area contributed by atoms with Crippen molar-refractivity contribution >= 4 is 17.6 Å².